The summed E-state index contributed by atoms with van der Waals surface area (Å²) in [5.41, 5.74) is 3.71. The molecule has 0 spiro atoms. The molecular formula is C22H24N4O3. The molecule has 0 aliphatic carbocycles. The molecule has 0 unspecified atom stereocenters. The zero-order valence-electron chi connectivity index (χ0n) is 16.9. The minimum atomic E-state index is -0.279. The lowest BCUT2D eigenvalue weighted by Gasteiger charge is -2.12. The van der Waals surface area contributed by atoms with Gasteiger partial charge in [-0.25, -0.2) is 9.97 Å². The van der Waals surface area contributed by atoms with E-state index in [1.165, 1.54) is 0 Å². The van der Waals surface area contributed by atoms with Gasteiger partial charge in [0.1, 0.15) is 5.69 Å². The summed E-state index contributed by atoms with van der Waals surface area (Å²) in [6, 6.07) is 14.9. The van der Waals surface area contributed by atoms with Crippen LogP contribution in [0.5, 0.6) is 11.5 Å². The summed E-state index contributed by atoms with van der Waals surface area (Å²) in [6.07, 6.45) is 0. The summed E-state index contributed by atoms with van der Waals surface area (Å²) >= 11 is 0. The van der Waals surface area contributed by atoms with Crippen molar-refractivity contribution in [1.82, 2.24) is 9.97 Å². The Morgan fingerprint density at radius 1 is 0.966 bits per heavy atom. The van der Waals surface area contributed by atoms with Crippen LogP contribution >= 0.6 is 0 Å². The average Bonchev–Trinajstić information content (AvgIpc) is 2.73. The van der Waals surface area contributed by atoms with E-state index in [0.29, 0.717) is 35.4 Å². The minimum absolute atomic E-state index is 0.279. The average molecular weight is 392 g/mol. The molecule has 2 N–H and O–H groups in total. The van der Waals surface area contributed by atoms with Gasteiger partial charge in [-0.1, -0.05) is 24.3 Å². The van der Waals surface area contributed by atoms with Gasteiger partial charge in [0.2, 0.25) is 5.95 Å². The molecule has 0 fully saturated rings. The third kappa shape index (κ3) is 5.01. The molecule has 0 saturated heterocycles. The van der Waals surface area contributed by atoms with Crippen LogP contribution in [0.2, 0.25) is 0 Å². The molecular weight excluding hydrogens is 368 g/mol. The molecule has 29 heavy (non-hydrogen) atoms. The number of amides is 1. The van der Waals surface area contributed by atoms with Gasteiger partial charge in [0.15, 0.2) is 11.5 Å². The first-order valence-corrected chi connectivity index (χ1v) is 9.17. The number of benzene rings is 2. The quantitative estimate of drug-likeness (QED) is 0.633. The number of carbonyl (C=O) groups is 1. The molecule has 3 aromatic rings. The first kappa shape index (κ1) is 20.1. The maximum Gasteiger partial charge on any atom is 0.274 e. The Kier molecular flexibility index (Phi) is 6.29. The summed E-state index contributed by atoms with van der Waals surface area (Å²) in [7, 11) is 3.19. The Morgan fingerprint density at radius 2 is 1.72 bits per heavy atom. The molecule has 2 aromatic carbocycles. The first-order valence-electron chi connectivity index (χ1n) is 9.17. The van der Waals surface area contributed by atoms with Gasteiger partial charge in [-0.3, -0.25) is 4.79 Å². The summed E-state index contributed by atoms with van der Waals surface area (Å²) in [6.45, 7) is 4.24. The predicted molar refractivity (Wildman–Crippen MR) is 113 cm³/mol. The van der Waals surface area contributed by atoms with E-state index in [-0.39, 0.29) is 5.91 Å². The lowest BCUT2D eigenvalue weighted by Crippen LogP contribution is -2.16. The smallest absolute Gasteiger partial charge is 0.274 e. The van der Waals surface area contributed by atoms with Crippen LogP contribution < -0.4 is 20.1 Å². The summed E-state index contributed by atoms with van der Waals surface area (Å²) < 4.78 is 10.6. The van der Waals surface area contributed by atoms with Gasteiger partial charge in [-0.15, -0.1) is 0 Å². The zero-order valence-corrected chi connectivity index (χ0v) is 16.9. The number of methoxy groups -OCH3 is 2. The van der Waals surface area contributed by atoms with Crippen molar-refractivity contribution in [3.8, 4) is 11.5 Å². The van der Waals surface area contributed by atoms with E-state index in [9.17, 15) is 4.79 Å². The van der Waals surface area contributed by atoms with Gasteiger partial charge in [0.25, 0.3) is 5.91 Å². The largest absolute Gasteiger partial charge is 0.493 e. The van der Waals surface area contributed by atoms with Crippen LogP contribution in [0.3, 0.4) is 0 Å². The number of hydrogen-bond acceptors (Lipinski definition) is 6. The third-order valence-electron chi connectivity index (χ3n) is 4.38. The van der Waals surface area contributed by atoms with Gasteiger partial charge >= 0.3 is 0 Å². The van der Waals surface area contributed by atoms with Crippen LogP contribution in [0.1, 0.15) is 27.3 Å². The number of anilines is 2. The van der Waals surface area contributed by atoms with Crippen molar-refractivity contribution >= 4 is 17.5 Å². The number of aryl methyl sites for hydroxylation is 2. The summed E-state index contributed by atoms with van der Waals surface area (Å²) in [5.74, 6) is 1.42. The van der Waals surface area contributed by atoms with Crippen LogP contribution in [0, 0.1) is 13.8 Å². The second kappa shape index (κ2) is 9.05. The number of para-hydroxylation sites is 1. The fourth-order valence-electron chi connectivity index (χ4n) is 2.84. The third-order valence-corrected chi connectivity index (χ3v) is 4.38. The normalized spacial score (nSPS) is 10.3. The van der Waals surface area contributed by atoms with Gasteiger partial charge in [-0.05, 0) is 49.2 Å². The second-order valence-corrected chi connectivity index (χ2v) is 6.53. The maximum atomic E-state index is 12.6. The molecule has 0 radical (unpaired) electrons. The fourth-order valence-corrected chi connectivity index (χ4v) is 2.84. The highest BCUT2D eigenvalue weighted by atomic mass is 16.5. The summed E-state index contributed by atoms with van der Waals surface area (Å²) in [4.78, 5) is 21.4. The van der Waals surface area contributed by atoms with E-state index in [2.05, 4.69) is 20.6 Å². The molecule has 1 aromatic heterocycles. The molecule has 7 nitrogen and oxygen atoms in total. The van der Waals surface area contributed by atoms with E-state index < -0.39 is 0 Å². The number of nitrogens with one attached hydrogen (secondary N) is 2. The first-order chi connectivity index (χ1) is 14.0. The molecule has 150 valence electrons. The van der Waals surface area contributed by atoms with Gasteiger partial charge < -0.3 is 20.1 Å². The van der Waals surface area contributed by atoms with Crippen LogP contribution in [0.4, 0.5) is 11.6 Å². The van der Waals surface area contributed by atoms with Crippen LogP contribution in [0.25, 0.3) is 0 Å². The number of nitrogens with zero attached hydrogens (tertiary/aromatic N) is 2. The number of rotatable bonds is 7. The Balaban J connectivity index is 1.74. The lowest BCUT2D eigenvalue weighted by molar-refractivity contribution is 0.102. The Hall–Kier alpha value is -3.61. The van der Waals surface area contributed by atoms with Crippen molar-refractivity contribution in [3.05, 3.63) is 71.0 Å². The highest BCUT2D eigenvalue weighted by molar-refractivity contribution is 6.03. The van der Waals surface area contributed by atoms with Gasteiger partial charge in [0, 0.05) is 17.9 Å². The van der Waals surface area contributed by atoms with E-state index in [1.54, 1.807) is 20.3 Å². The van der Waals surface area contributed by atoms with Crippen molar-refractivity contribution in [2.75, 3.05) is 24.9 Å². The zero-order chi connectivity index (χ0) is 20.8. The topological polar surface area (TPSA) is 85.4 Å². The van der Waals surface area contributed by atoms with Crippen molar-refractivity contribution < 1.29 is 14.3 Å². The van der Waals surface area contributed by atoms with Crippen LogP contribution in [-0.4, -0.2) is 30.1 Å². The molecule has 0 bridgehead atoms. The second-order valence-electron chi connectivity index (χ2n) is 6.53. The molecule has 3 rings (SSSR count). The Morgan fingerprint density at radius 3 is 2.45 bits per heavy atom. The van der Waals surface area contributed by atoms with Crippen molar-refractivity contribution in [3.63, 3.8) is 0 Å². The highest BCUT2D eigenvalue weighted by Gasteiger charge is 2.12. The van der Waals surface area contributed by atoms with Crippen molar-refractivity contribution in [1.29, 1.82) is 0 Å². The van der Waals surface area contributed by atoms with Gasteiger partial charge in [-0.2, -0.15) is 0 Å². The highest BCUT2D eigenvalue weighted by Crippen LogP contribution is 2.27. The van der Waals surface area contributed by atoms with Gasteiger partial charge in [0.05, 0.1) is 14.2 Å². The van der Waals surface area contributed by atoms with E-state index in [0.717, 1.165) is 16.8 Å². The SMILES string of the molecule is COc1ccc(CNc2nc(C)cc(C(=O)Nc3ccccc3C)n2)cc1OC. The maximum absolute atomic E-state index is 12.6. The number of hydrogen-bond donors (Lipinski definition) is 2. The van der Waals surface area contributed by atoms with Crippen molar-refractivity contribution in [2.24, 2.45) is 0 Å². The Bertz CT molecular complexity index is 1020. The molecule has 0 atom stereocenters. The molecule has 0 aliphatic rings. The van der Waals surface area contributed by atoms with Crippen molar-refractivity contribution in [2.45, 2.75) is 20.4 Å². The van der Waals surface area contributed by atoms with E-state index in [4.69, 9.17) is 9.47 Å². The number of aromatic nitrogens is 2. The predicted octanol–water partition coefficient (Wildman–Crippen LogP) is 3.98. The number of ether oxygens (including phenoxy) is 2. The van der Waals surface area contributed by atoms with E-state index >= 15 is 0 Å². The fraction of sp³-hybridized carbons (Fsp3) is 0.227. The summed E-state index contributed by atoms with van der Waals surface area (Å²) in [5, 5.41) is 6.06. The van der Waals surface area contributed by atoms with Crippen LogP contribution in [-0.2, 0) is 6.54 Å². The lowest BCUT2D eigenvalue weighted by atomic mass is 10.2. The van der Waals surface area contributed by atoms with E-state index in [1.807, 2.05) is 56.3 Å². The molecule has 7 heteroatoms. The van der Waals surface area contributed by atoms with Crippen LogP contribution in [0.15, 0.2) is 48.5 Å². The molecule has 0 aliphatic heterocycles. The molecule has 1 amide bonds. The Labute approximate surface area is 170 Å². The number of carbonyl (C=O) groups excluding carboxylic acids is 1. The minimum Gasteiger partial charge on any atom is -0.493 e. The monoisotopic (exact) mass is 392 g/mol. The standard InChI is InChI=1S/C22H24N4O3/c1-14-7-5-6-8-17(14)25-21(27)18-11-15(2)24-22(26-18)23-13-16-9-10-19(28-3)20(12-16)29-4/h5-12H,13H2,1-4H3,(H,25,27)(H,23,24,26). The molecule has 0 saturated carbocycles. The molecule has 1 heterocycles.